The average molecular weight is 500 g/mol. The molecule has 0 N–H and O–H groups in total. The van der Waals surface area contributed by atoms with Gasteiger partial charge in [-0.25, -0.2) is 0 Å². The van der Waals surface area contributed by atoms with Gasteiger partial charge in [0.05, 0.1) is 0 Å². The van der Waals surface area contributed by atoms with Gasteiger partial charge in [-0.2, -0.15) is 0 Å². The van der Waals surface area contributed by atoms with E-state index < -0.39 is 0 Å². The van der Waals surface area contributed by atoms with Crippen LogP contribution in [0, 0.1) is 39.8 Å². The second kappa shape index (κ2) is 6.11. The zero-order valence-corrected chi connectivity index (χ0v) is 13.7. The fraction of sp³-hybridized carbons (Fsp3) is 0.400. The summed E-state index contributed by atoms with van der Waals surface area (Å²) in [5.41, 5.74) is 4.91. The van der Waals surface area contributed by atoms with Crippen LogP contribution in [0.5, 0.6) is 0 Å². The van der Waals surface area contributed by atoms with Gasteiger partial charge in [0.25, 0.3) is 0 Å². The van der Waals surface area contributed by atoms with E-state index >= 15 is 0 Å². The van der Waals surface area contributed by atoms with Crippen molar-refractivity contribution in [1.29, 1.82) is 0 Å². The summed E-state index contributed by atoms with van der Waals surface area (Å²) in [6.45, 7) is 8.31. The quantitative estimate of drug-likeness (QED) is 0.481. The molecule has 0 aliphatic rings. The van der Waals surface area contributed by atoms with Crippen LogP contribution in [0.3, 0.4) is 0 Å². The summed E-state index contributed by atoms with van der Waals surface area (Å²) >= 11 is 0. The topological polar surface area (TPSA) is 0 Å². The van der Waals surface area contributed by atoms with E-state index in [1.807, 2.05) is 6.92 Å². The summed E-state index contributed by atoms with van der Waals surface area (Å²) in [5, 5.41) is 0. The van der Waals surface area contributed by atoms with Crippen LogP contribution < -0.4 is 0 Å². The summed E-state index contributed by atoms with van der Waals surface area (Å²) in [5.74, 6) is 0. The second-order valence-corrected chi connectivity index (χ2v) is 2.75. The molecule has 0 heterocycles. The van der Waals surface area contributed by atoms with E-state index in [1.165, 1.54) is 16.7 Å². The van der Waals surface area contributed by atoms with Crippen LogP contribution in [-0.2, 0) is 42.1 Å². The minimum atomic E-state index is 0. The van der Waals surface area contributed by atoms with Crippen LogP contribution in [0.4, 0.5) is 0 Å². The van der Waals surface area contributed by atoms with Crippen molar-refractivity contribution < 1.29 is 42.1 Å². The third kappa shape index (κ3) is 3.54. The maximum absolute atomic E-state index is 3.22. The molecule has 1 aromatic carbocycles. The van der Waals surface area contributed by atoms with Gasteiger partial charge in [-0.05, 0) is 0 Å². The Morgan fingerprint density at radius 2 is 1.08 bits per heavy atom. The minimum absolute atomic E-state index is 0. The molecule has 0 saturated carbocycles. The molecule has 0 unspecified atom stereocenters. The predicted octanol–water partition coefficient (Wildman–Crippen LogP) is 2.52. The molecule has 2 heteroatoms. The van der Waals surface area contributed by atoms with Crippen LogP contribution in [0.25, 0.3) is 0 Å². The van der Waals surface area contributed by atoms with E-state index in [0.717, 1.165) is 5.56 Å². The van der Waals surface area contributed by atoms with Gasteiger partial charge in [0.1, 0.15) is 0 Å². The Hall–Kier alpha value is 0.597. The summed E-state index contributed by atoms with van der Waals surface area (Å²) in [4.78, 5) is 0. The normalized spacial score (nSPS) is 8.33. The first-order chi connectivity index (χ1) is 4.61. The molecule has 0 saturated heterocycles. The van der Waals surface area contributed by atoms with Crippen molar-refractivity contribution in [2.75, 3.05) is 0 Å². The molecule has 66 valence electrons. The van der Waals surface area contributed by atoms with Crippen LogP contribution >= 0.6 is 0 Å². The molecule has 0 fully saturated rings. The number of aryl methyl sites for hydroxylation is 3. The third-order valence-electron chi connectivity index (χ3n) is 1.88. The Kier molecular flexibility index (Phi) is 7.68. The first-order valence-electron chi connectivity index (χ1n) is 3.50. The Morgan fingerprint density at radius 1 is 0.750 bits per heavy atom. The molecule has 0 nitrogen and oxygen atoms in total. The van der Waals surface area contributed by atoms with Crippen molar-refractivity contribution in [2.45, 2.75) is 27.7 Å². The van der Waals surface area contributed by atoms with Crippen LogP contribution in [-0.4, -0.2) is 0 Å². The van der Waals surface area contributed by atoms with Crippen LogP contribution in [0.15, 0.2) is 0 Å². The monoisotopic (exact) mass is 500 g/mol. The molecule has 0 bridgehead atoms. The largest absolute Gasteiger partial charge is 0.353 e. The molecule has 0 amide bonds. The molecule has 0 spiro atoms. The molecule has 0 aromatic heterocycles. The fourth-order valence-electron chi connectivity index (χ4n) is 1.06. The number of rotatable bonds is 0. The first kappa shape index (κ1) is 15.1. The summed E-state index contributed by atoms with van der Waals surface area (Å²) < 4.78 is 0. The van der Waals surface area contributed by atoms with Gasteiger partial charge in [0, 0.05) is 42.1 Å². The smallest absolute Gasteiger partial charge is 0 e. The first-order valence-corrected chi connectivity index (χ1v) is 3.50. The molecular weight excluding hydrogens is 488 g/mol. The van der Waals surface area contributed by atoms with Crippen LogP contribution in [0.1, 0.15) is 22.3 Å². The Labute approximate surface area is 104 Å². The van der Waals surface area contributed by atoms with E-state index in [1.54, 1.807) is 0 Å². The predicted molar refractivity (Wildman–Crippen MR) is 43.1 cm³/mol. The van der Waals surface area contributed by atoms with E-state index in [0.29, 0.717) is 0 Å². The minimum Gasteiger partial charge on any atom is -0.353 e. The Balaban J connectivity index is 0. The van der Waals surface area contributed by atoms with E-state index in [-0.39, 0.29) is 42.1 Å². The van der Waals surface area contributed by atoms with Gasteiger partial charge < -0.3 is 12.1 Å². The Morgan fingerprint density at radius 3 is 1.42 bits per heavy atom. The Bertz CT molecular complexity index is 231. The fourth-order valence-corrected chi connectivity index (χ4v) is 1.06. The average Bonchev–Trinajstić information content (AvgIpc) is 1.82. The summed E-state index contributed by atoms with van der Waals surface area (Å²) in [7, 11) is 0. The zero-order valence-electron chi connectivity index (χ0n) is 7.82. The van der Waals surface area contributed by atoms with E-state index in [4.69, 9.17) is 0 Å². The van der Waals surface area contributed by atoms with Gasteiger partial charge in [0.2, 0.25) is 0 Å². The number of hydrogen-bond donors (Lipinski definition) is 0. The van der Waals surface area contributed by atoms with Gasteiger partial charge >= 0.3 is 0 Å². The van der Waals surface area contributed by atoms with Gasteiger partial charge in [-0.15, -0.1) is 6.92 Å². The van der Waals surface area contributed by atoms with Crippen molar-refractivity contribution >= 4 is 0 Å². The summed E-state index contributed by atoms with van der Waals surface area (Å²) in [6.07, 6.45) is 0. The van der Waals surface area contributed by atoms with Crippen molar-refractivity contribution in [2.24, 2.45) is 0 Å². The van der Waals surface area contributed by atoms with Crippen molar-refractivity contribution in [3.8, 4) is 0 Å². The van der Waals surface area contributed by atoms with E-state index in [9.17, 15) is 0 Å². The molecular formula is C10H12W2-2. The van der Waals surface area contributed by atoms with Crippen molar-refractivity contribution in [1.82, 2.24) is 0 Å². The third-order valence-corrected chi connectivity index (χ3v) is 1.88. The van der Waals surface area contributed by atoms with Gasteiger partial charge in [0.15, 0.2) is 0 Å². The second-order valence-electron chi connectivity index (χ2n) is 2.75. The number of hydrogen-bond acceptors (Lipinski definition) is 0. The number of benzene rings is 1. The maximum atomic E-state index is 3.22. The molecule has 1 rings (SSSR count). The molecule has 12 heavy (non-hydrogen) atoms. The standard InChI is InChI=1S/C10H12.2W/c1-7-5-8(2)10(4)9(3)6-7;;/h1-4H3;;/q-2;;. The van der Waals surface area contributed by atoms with Gasteiger partial charge in [-0.3, -0.25) is 22.3 Å². The zero-order chi connectivity index (χ0) is 7.72. The van der Waals surface area contributed by atoms with Crippen molar-refractivity contribution in [3.05, 3.63) is 34.4 Å². The molecule has 1 aromatic rings. The van der Waals surface area contributed by atoms with E-state index in [2.05, 4.69) is 32.9 Å². The molecule has 0 atom stereocenters. The summed E-state index contributed by atoms with van der Waals surface area (Å²) in [6, 6.07) is 6.45. The van der Waals surface area contributed by atoms with Gasteiger partial charge in [-0.1, -0.05) is 20.8 Å². The maximum Gasteiger partial charge on any atom is 0 e. The molecule has 0 aliphatic heterocycles. The molecule has 0 radical (unpaired) electrons. The van der Waals surface area contributed by atoms with Crippen molar-refractivity contribution in [3.63, 3.8) is 0 Å². The molecule has 0 aliphatic carbocycles. The SMILES string of the molecule is Cc1[c-]c(C)c(C)c(C)[c-]1.[W].[W]. The van der Waals surface area contributed by atoms with Crippen LogP contribution in [0.2, 0.25) is 0 Å².